The van der Waals surface area contributed by atoms with E-state index in [1.807, 2.05) is 25.3 Å². The molecule has 2 unspecified atom stereocenters. The van der Waals surface area contributed by atoms with Crippen molar-refractivity contribution in [2.24, 2.45) is 5.92 Å². The molecule has 2 rings (SSSR count). The molecular weight excluding hydrogens is 412 g/mol. The van der Waals surface area contributed by atoms with Crippen molar-refractivity contribution < 1.29 is 24.2 Å². The summed E-state index contributed by atoms with van der Waals surface area (Å²) in [6.07, 6.45) is 1.90. The molecule has 2 atom stereocenters. The normalized spacial score (nSPS) is 14.5. The van der Waals surface area contributed by atoms with E-state index in [1.165, 1.54) is 0 Å². The van der Waals surface area contributed by atoms with Gasteiger partial charge in [-0.25, -0.2) is 4.68 Å². The maximum absolute atomic E-state index is 12.6. The zero-order valence-electron chi connectivity index (χ0n) is 20.0. The minimum absolute atomic E-state index is 0.374. The lowest BCUT2D eigenvalue weighted by Gasteiger charge is -2.25. The van der Waals surface area contributed by atoms with Gasteiger partial charge in [0.05, 0.1) is 5.52 Å². The molecule has 1 heterocycles. The Morgan fingerprint density at radius 1 is 1.23 bits per heavy atom. The summed E-state index contributed by atoms with van der Waals surface area (Å²) in [5.41, 5.74) is 1.78. The highest BCUT2D eigenvalue weighted by Crippen LogP contribution is 2.31. The Kier molecular flexibility index (Phi) is 7.70. The van der Waals surface area contributed by atoms with E-state index in [9.17, 15) is 14.7 Å². The van der Waals surface area contributed by atoms with Crippen LogP contribution in [0, 0.1) is 12.8 Å². The molecule has 1 aromatic heterocycles. The highest BCUT2D eigenvalue weighted by Gasteiger charge is 2.37. The number of aliphatic carboxylic acids is 1. The Morgan fingerprint density at radius 2 is 1.87 bits per heavy atom. The summed E-state index contributed by atoms with van der Waals surface area (Å²) in [4.78, 5) is 24.4. The number of carbonyl (C=O) groups excluding carboxylic acids is 1. The van der Waals surface area contributed by atoms with Gasteiger partial charge in [-0.3, -0.25) is 9.59 Å². The average molecular weight is 449 g/mol. The number of rotatable bonds is 9. The van der Waals surface area contributed by atoms with Crippen molar-refractivity contribution in [1.82, 2.24) is 9.78 Å². The maximum Gasteiger partial charge on any atom is 0.321 e. The van der Waals surface area contributed by atoms with Gasteiger partial charge in [-0.1, -0.05) is 32.6 Å². The Hall–Kier alpha value is -2.19. The minimum Gasteiger partial charge on any atom is -0.481 e. The van der Waals surface area contributed by atoms with Gasteiger partial charge in [0.2, 0.25) is 0 Å². The van der Waals surface area contributed by atoms with Gasteiger partial charge >= 0.3 is 11.9 Å². The predicted molar refractivity (Wildman–Crippen MR) is 124 cm³/mol. The smallest absolute Gasteiger partial charge is 0.321 e. The van der Waals surface area contributed by atoms with Gasteiger partial charge in [0.25, 0.3) is 0 Å². The number of nitrogens with zero attached hydrogens (tertiary/aromatic N) is 2. The van der Waals surface area contributed by atoms with Crippen LogP contribution in [0.5, 0.6) is 0 Å². The van der Waals surface area contributed by atoms with Gasteiger partial charge in [0.1, 0.15) is 12.3 Å². The number of aryl methyl sites for hydroxylation is 1. The summed E-state index contributed by atoms with van der Waals surface area (Å²) in [5.74, 6) is -3.74. The van der Waals surface area contributed by atoms with Gasteiger partial charge in [0.15, 0.2) is 5.92 Å². The standard InChI is InChI=1S/C23H36N2O5Si/c1-15-11-17(16(2)19(21(26)27)22(28)30-23(3,4)5)12-18-13-25(24-20(15)18)14-29-9-10-31(6,7)8/h11-13,16,19H,9-10,14H2,1-8H3,(H,26,27). The monoisotopic (exact) mass is 448 g/mol. The second-order valence-corrected chi connectivity index (χ2v) is 16.1. The van der Waals surface area contributed by atoms with E-state index in [0.29, 0.717) is 13.3 Å². The van der Waals surface area contributed by atoms with Crippen LogP contribution >= 0.6 is 0 Å². The Labute approximate surface area is 185 Å². The lowest BCUT2D eigenvalue weighted by Crippen LogP contribution is -2.35. The SMILES string of the molecule is Cc1cc(C(C)C(C(=O)O)C(=O)OC(C)(C)C)cc2cn(COCC[Si](C)(C)C)nc12. The number of hydrogen-bond acceptors (Lipinski definition) is 5. The van der Waals surface area contributed by atoms with Crippen molar-refractivity contribution in [3.63, 3.8) is 0 Å². The molecule has 8 heteroatoms. The number of esters is 1. The van der Waals surface area contributed by atoms with E-state index >= 15 is 0 Å². The van der Waals surface area contributed by atoms with E-state index in [4.69, 9.17) is 9.47 Å². The summed E-state index contributed by atoms with van der Waals surface area (Å²) in [6, 6.07) is 4.89. The number of aromatic nitrogens is 2. The van der Waals surface area contributed by atoms with E-state index in [1.54, 1.807) is 32.4 Å². The number of benzene rings is 1. The second-order valence-electron chi connectivity index (χ2n) is 10.4. The van der Waals surface area contributed by atoms with Crippen LogP contribution < -0.4 is 0 Å². The molecule has 31 heavy (non-hydrogen) atoms. The van der Waals surface area contributed by atoms with Crippen molar-refractivity contribution in [2.45, 2.75) is 78.6 Å². The zero-order valence-corrected chi connectivity index (χ0v) is 21.0. The molecule has 0 saturated heterocycles. The average Bonchev–Trinajstić information content (AvgIpc) is 2.99. The van der Waals surface area contributed by atoms with Gasteiger partial charge in [-0.2, -0.15) is 5.10 Å². The highest BCUT2D eigenvalue weighted by atomic mass is 28.3. The molecule has 0 spiro atoms. The number of fused-ring (bicyclic) bond motifs is 1. The maximum atomic E-state index is 12.6. The molecule has 1 aromatic carbocycles. The van der Waals surface area contributed by atoms with E-state index in [2.05, 4.69) is 24.7 Å². The molecule has 7 nitrogen and oxygen atoms in total. The lowest BCUT2D eigenvalue weighted by atomic mass is 9.86. The number of carboxylic acids is 1. The number of carbonyl (C=O) groups is 2. The first-order valence-electron chi connectivity index (χ1n) is 10.7. The summed E-state index contributed by atoms with van der Waals surface area (Å²) in [5, 5.41) is 15.2. The fraction of sp³-hybridized carbons (Fsp3) is 0.609. The van der Waals surface area contributed by atoms with Gasteiger partial charge in [0, 0.05) is 32.2 Å². The molecule has 2 aromatic rings. The van der Waals surface area contributed by atoms with E-state index < -0.39 is 37.4 Å². The van der Waals surface area contributed by atoms with E-state index in [0.717, 1.165) is 28.1 Å². The second kappa shape index (κ2) is 9.52. The molecule has 0 aliphatic rings. The van der Waals surface area contributed by atoms with E-state index in [-0.39, 0.29) is 0 Å². The lowest BCUT2D eigenvalue weighted by molar-refractivity contribution is -0.167. The third-order valence-electron chi connectivity index (χ3n) is 5.04. The summed E-state index contributed by atoms with van der Waals surface area (Å²) in [6.45, 7) is 16.9. The molecule has 0 aliphatic carbocycles. The predicted octanol–water partition coefficient (Wildman–Crippen LogP) is 4.80. The first-order chi connectivity index (χ1) is 14.2. The van der Waals surface area contributed by atoms with Crippen LogP contribution in [0.4, 0.5) is 0 Å². The van der Waals surface area contributed by atoms with Gasteiger partial charge < -0.3 is 14.6 Å². The van der Waals surface area contributed by atoms with Crippen LogP contribution in [0.25, 0.3) is 10.9 Å². The Balaban J connectivity index is 2.23. The Bertz CT molecular complexity index is 940. The fourth-order valence-electron chi connectivity index (χ4n) is 3.33. The van der Waals surface area contributed by atoms with Crippen molar-refractivity contribution >= 4 is 30.9 Å². The molecular formula is C23H36N2O5Si. The van der Waals surface area contributed by atoms with Crippen LogP contribution in [0.1, 0.15) is 44.7 Å². The van der Waals surface area contributed by atoms with Crippen LogP contribution in [-0.4, -0.2) is 47.1 Å². The highest BCUT2D eigenvalue weighted by molar-refractivity contribution is 6.76. The van der Waals surface area contributed by atoms with Crippen molar-refractivity contribution in [3.8, 4) is 0 Å². The quantitative estimate of drug-likeness (QED) is 0.256. The molecule has 0 fully saturated rings. The Morgan fingerprint density at radius 3 is 2.42 bits per heavy atom. The number of carboxylic acid groups (broad SMARTS) is 1. The van der Waals surface area contributed by atoms with Crippen LogP contribution in [0.2, 0.25) is 25.7 Å². The fourth-order valence-corrected chi connectivity index (χ4v) is 4.09. The molecule has 0 amide bonds. The number of ether oxygens (including phenoxy) is 2. The molecule has 0 aliphatic heterocycles. The van der Waals surface area contributed by atoms with Crippen LogP contribution in [0.3, 0.4) is 0 Å². The zero-order chi connectivity index (χ0) is 23.6. The van der Waals surface area contributed by atoms with Gasteiger partial charge in [-0.05, 0) is 50.9 Å². The van der Waals surface area contributed by atoms with Crippen molar-refractivity contribution in [3.05, 3.63) is 29.5 Å². The first kappa shape index (κ1) is 25.1. The first-order valence-corrected chi connectivity index (χ1v) is 14.4. The summed E-state index contributed by atoms with van der Waals surface area (Å²) < 4.78 is 12.9. The molecule has 0 radical (unpaired) electrons. The van der Waals surface area contributed by atoms with Crippen LogP contribution in [0.15, 0.2) is 18.3 Å². The van der Waals surface area contributed by atoms with Gasteiger partial charge in [-0.15, -0.1) is 0 Å². The molecule has 0 saturated carbocycles. The summed E-state index contributed by atoms with van der Waals surface area (Å²) >= 11 is 0. The summed E-state index contributed by atoms with van der Waals surface area (Å²) in [7, 11) is -1.14. The van der Waals surface area contributed by atoms with Crippen molar-refractivity contribution in [1.29, 1.82) is 0 Å². The minimum atomic E-state index is -1.28. The third kappa shape index (κ3) is 7.17. The molecule has 1 N–H and O–H groups in total. The van der Waals surface area contributed by atoms with Crippen LogP contribution in [-0.2, 0) is 25.8 Å². The largest absolute Gasteiger partial charge is 0.481 e. The topological polar surface area (TPSA) is 90.7 Å². The number of hydrogen-bond donors (Lipinski definition) is 1. The van der Waals surface area contributed by atoms with Crippen molar-refractivity contribution in [2.75, 3.05) is 6.61 Å². The molecule has 0 bridgehead atoms. The molecule has 172 valence electrons. The third-order valence-corrected chi connectivity index (χ3v) is 6.75.